The fourth-order valence-corrected chi connectivity index (χ4v) is 2.96. The average Bonchev–Trinajstić information content (AvgIpc) is 2.99. The molecular formula is C20H19BrN2O3. The van der Waals surface area contributed by atoms with Crippen molar-refractivity contribution >= 4 is 21.9 Å². The Morgan fingerprint density at radius 2 is 1.77 bits per heavy atom. The molecule has 1 heterocycles. The predicted octanol–water partition coefficient (Wildman–Crippen LogP) is 5.03. The summed E-state index contributed by atoms with van der Waals surface area (Å²) in [5, 5.41) is 4.56. The van der Waals surface area contributed by atoms with E-state index in [1.54, 1.807) is 0 Å². The minimum atomic E-state index is -0.526. The molecule has 0 aliphatic rings. The molecule has 5 nitrogen and oxygen atoms in total. The van der Waals surface area contributed by atoms with Crippen LogP contribution in [0, 0.1) is 6.92 Å². The second-order valence-corrected chi connectivity index (χ2v) is 6.81. The summed E-state index contributed by atoms with van der Waals surface area (Å²) in [4.78, 5) is 21.1. The number of benzene rings is 2. The molecule has 0 saturated heterocycles. The molecule has 0 aliphatic heterocycles. The largest absolute Gasteiger partial charge is 0.352 e. The number of aryl methyl sites for hydroxylation is 1. The first-order valence-corrected chi connectivity index (χ1v) is 9.09. The molecule has 0 unspecified atom stereocenters. The van der Waals surface area contributed by atoms with E-state index in [0.717, 1.165) is 32.5 Å². The maximum absolute atomic E-state index is 11.1. The number of aromatic nitrogens is 2. The third-order valence-corrected chi connectivity index (χ3v) is 4.46. The minimum Gasteiger partial charge on any atom is -0.264 e. The van der Waals surface area contributed by atoms with Crippen molar-refractivity contribution in [1.82, 2.24) is 9.78 Å². The summed E-state index contributed by atoms with van der Waals surface area (Å²) < 4.78 is 2.82. The lowest BCUT2D eigenvalue weighted by Crippen LogP contribution is -2.04. The number of hydrogen-bond donors (Lipinski definition) is 0. The second-order valence-electron chi connectivity index (χ2n) is 5.90. The lowest BCUT2D eigenvalue weighted by Gasteiger charge is -2.09. The third-order valence-electron chi connectivity index (χ3n) is 3.93. The summed E-state index contributed by atoms with van der Waals surface area (Å²) in [6.45, 7) is 5.34. The zero-order valence-corrected chi connectivity index (χ0v) is 16.4. The van der Waals surface area contributed by atoms with Crippen LogP contribution >= 0.6 is 15.9 Å². The maximum Gasteiger partial charge on any atom is 0.352 e. The van der Waals surface area contributed by atoms with Gasteiger partial charge in [-0.15, -0.1) is 5.10 Å². The monoisotopic (exact) mass is 414 g/mol. The average molecular weight is 415 g/mol. The Morgan fingerprint density at radius 3 is 2.35 bits per heavy atom. The quantitative estimate of drug-likeness (QED) is 0.433. The standard InChI is InChI=1S/C20H19BrN2O3/c1-4-18-19(15-7-9-16(21)10-8-15)23(17-11-5-13(2)6-12-17)22-20(18)26-25-14(3)24/h5-12H,4H2,1-3H3. The summed E-state index contributed by atoms with van der Waals surface area (Å²) in [5.41, 5.74) is 4.84. The van der Waals surface area contributed by atoms with E-state index in [1.807, 2.05) is 67.1 Å². The number of halogens is 1. The van der Waals surface area contributed by atoms with Crippen LogP contribution < -0.4 is 4.89 Å². The van der Waals surface area contributed by atoms with Crippen LogP contribution in [0.5, 0.6) is 5.88 Å². The molecule has 3 aromatic rings. The summed E-state index contributed by atoms with van der Waals surface area (Å²) in [5.74, 6) is -0.233. The molecule has 1 aromatic heterocycles. The molecular weight excluding hydrogens is 396 g/mol. The molecule has 0 saturated carbocycles. The van der Waals surface area contributed by atoms with Gasteiger partial charge in [0.1, 0.15) is 0 Å². The second kappa shape index (κ2) is 7.74. The van der Waals surface area contributed by atoms with Gasteiger partial charge in [-0.25, -0.2) is 14.4 Å². The van der Waals surface area contributed by atoms with Gasteiger partial charge in [0.25, 0.3) is 5.88 Å². The van der Waals surface area contributed by atoms with E-state index in [9.17, 15) is 4.79 Å². The van der Waals surface area contributed by atoms with Gasteiger partial charge in [-0.05, 0) is 37.6 Å². The zero-order chi connectivity index (χ0) is 18.7. The van der Waals surface area contributed by atoms with E-state index in [2.05, 4.69) is 21.0 Å². The minimum absolute atomic E-state index is 0.293. The van der Waals surface area contributed by atoms with Crippen LogP contribution in [-0.2, 0) is 16.1 Å². The highest BCUT2D eigenvalue weighted by atomic mass is 79.9. The Hall–Kier alpha value is -2.60. The van der Waals surface area contributed by atoms with Gasteiger partial charge >= 0.3 is 5.97 Å². The van der Waals surface area contributed by atoms with Crippen molar-refractivity contribution in [2.75, 3.05) is 0 Å². The highest BCUT2D eigenvalue weighted by Gasteiger charge is 2.22. The Morgan fingerprint density at radius 1 is 1.12 bits per heavy atom. The van der Waals surface area contributed by atoms with Crippen molar-refractivity contribution in [1.29, 1.82) is 0 Å². The first-order chi connectivity index (χ1) is 12.5. The summed E-state index contributed by atoms with van der Waals surface area (Å²) in [6.07, 6.45) is 0.674. The van der Waals surface area contributed by atoms with Crippen LogP contribution in [0.3, 0.4) is 0 Å². The van der Waals surface area contributed by atoms with Crippen molar-refractivity contribution in [3.8, 4) is 22.8 Å². The van der Waals surface area contributed by atoms with Crippen LogP contribution in [0.4, 0.5) is 0 Å². The summed E-state index contributed by atoms with van der Waals surface area (Å²) in [6, 6.07) is 16.0. The molecule has 0 amide bonds. The van der Waals surface area contributed by atoms with E-state index in [4.69, 9.17) is 9.78 Å². The molecule has 0 fully saturated rings. The highest BCUT2D eigenvalue weighted by molar-refractivity contribution is 9.10. The fourth-order valence-electron chi connectivity index (χ4n) is 2.69. The summed E-state index contributed by atoms with van der Waals surface area (Å²) >= 11 is 3.47. The van der Waals surface area contributed by atoms with Gasteiger partial charge in [-0.3, -0.25) is 4.89 Å². The number of carbonyl (C=O) groups excluding carboxylic acids is 1. The van der Waals surface area contributed by atoms with Crippen molar-refractivity contribution in [3.63, 3.8) is 0 Å². The molecule has 2 aromatic carbocycles. The lowest BCUT2D eigenvalue weighted by atomic mass is 10.1. The maximum atomic E-state index is 11.1. The first-order valence-electron chi connectivity index (χ1n) is 8.29. The number of nitrogens with zero attached hydrogens (tertiary/aromatic N) is 2. The first kappa shape index (κ1) is 18.2. The molecule has 26 heavy (non-hydrogen) atoms. The predicted molar refractivity (Wildman–Crippen MR) is 103 cm³/mol. The number of hydrogen-bond acceptors (Lipinski definition) is 4. The van der Waals surface area contributed by atoms with Crippen molar-refractivity contribution in [3.05, 3.63) is 64.1 Å². The normalized spacial score (nSPS) is 10.6. The van der Waals surface area contributed by atoms with Gasteiger partial charge in [0.05, 0.1) is 11.4 Å². The number of rotatable bonds is 5. The molecule has 0 atom stereocenters. The van der Waals surface area contributed by atoms with Gasteiger partial charge in [0, 0.05) is 22.5 Å². The Labute approximate surface area is 160 Å². The van der Waals surface area contributed by atoms with E-state index >= 15 is 0 Å². The van der Waals surface area contributed by atoms with Crippen molar-refractivity contribution in [2.45, 2.75) is 27.2 Å². The Balaban J connectivity index is 2.18. The molecule has 0 aliphatic carbocycles. The van der Waals surface area contributed by atoms with Crippen molar-refractivity contribution < 1.29 is 14.6 Å². The van der Waals surface area contributed by atoms with Gasteiger partial charge in [0.2, 0.25) is 0 Å². The fraction of sp³-hybridized carbons (Fsp3) is 0.200. The van der Waals surface area contributed by atoms with E-state index < -0.39 is 5.97 Å². The number of carbonyl (C=O) groups is 1. The molecule has 0 radical (unpaired) electrons. The van der Waals surface area contributed by atoms with Gasteiger partial charge in [-0.2, -0.15) is 0 Å². The smallest absolute Gasteiger partial charge is 0.264 e. The van der Waals surface area contributed by atoms with Crippen LogP contribution in [0.25, 0.3) is 16.9 Å². The Kier molecular flexibility index (Phi) is 5.42. The zero-order valence-electron chi connectivity index (χ0n) is 14.8. The molecule has 0 spiro atoms. The molecule has 3 rings (SSSR count). The highest BCUT2D eigenvalue weighted by Crippen LogP contribution is 2.34. The summed E-state index contributed by atoms with van der Waals surface area (Å²) in [7, 11) is 0. The Bertz CT molecular complexity index is 915. The molecule has 0 bridgehead atoms. The van der Waals surface area contributed by atoms with E-state index in [1.165, 1.54) is 6.92 Å². The van der Waals surface area contributed by atoms with Crippen LogP contribution in [0.15, 0.2) is 53.0 Å². The van der Waals surface area contributed by atoms with Crippen LogP contribution in [-0.4, -0.2) is 15.7 Å². The molecule has 134 valence electrons. The van der Waals surface area contributed by atoms with Crippen molar-refractivity contribution in [2.24, 2.45) is 0 Å². The van der Waals surface area contributed by atoms with Crippen LogP contribution in [0.1, 0.15) is 25.0 Å². The molecule has 0 N–H and O–H groups in total. The van der Waals surface area contributed by atoms with E-state index in [0.29, 0.717) is 12.3 Å². The third kappa shape index (κ3) is 3.80. The SMILES string of the molecule is CCc1c(OOC(C)=O)nn(-c2ccc(C)cc2)c1-c1ccc(Br)cc1. The van der Waals surface area contributed by atoms with Gasteiger partial charge in [0.15, 0.2) is 0 Å². The van der Waals surface area contributed by atoms with Gasteiger partial charge < -0.3 is 0 Å². The van der Waals surface area contributed by atoms with Crippen LogP contribution in [0.2, 0.25) is 0 Å². The van der Waals surface area contributed by atoms with Gasteiger partial charge in [-0.1, -0.05) is 52.7 Å². The lowest BCUT2D eigenvalue weighted by molar-refractivity contribution is -0.212. The molecule has 6 heteroatoms. The van der Waals surface area contributed by atoms with E-state index in [-0.39, 0.29) is 0 Å². The topological polar surface area (TPSA) is 53.4 Å².